The van der Waals surface area contributed by atoms with Gasteiger partial charge in [0, 0.05) is 13.1 Å². The fourth-order valence-electron chi connectivity index (χ4n) is 2.70. The Morgan fingerprint density at radius 3 is 2.28 bits per heavy atom. The third-order valence-electron chi connectivity index (χ3n) is 3.88. The predicted octanol–water partition coefficient (Wildman–Crippen LogP) is 2.37. The molecule has 1 heterocycles. The van der Waals surface area contributed by atoms with Crippen molar-refractivity contribution in [2.75, 3.05) is 13.1 Å². The van der Waals surface area contributed by atoms with E-state index in [1.807, 2.05) is 0 Å². The Hall–Kier alpha value is -2.15. The van der Waals surface area contributed by atoms with E-state index in [0.29, 0.717) is 18.7 Å². The molecule has 0 radical (unpaired) electrons. The normalized spacial score (nSPS) is 17.1. The minimum atomic E-state index is -1.30. The maximum atomic E-state index is 13.1. The molecule has 7 heteroatoms. The van der Waals surface area contributed by atoms with Crippen LogP contribution in [0.5, 0.6) is 0 Å². The summed E-state index contributed by atoms with van der Waals surface area (Å²) in [6.07, 6.45) is -0.317. The number of hydrogen-bond acceptors (Lipinski definition) is 4. The van der Waals surface area contributed by atoms with Crippen LogP contribution >= 0.6 is 0 Å². The fourth-order valence-corrected chi connectivity index (χ4v) is 2.70. The van der Waals surface area contributed by atoms with Crippen LogP contribution in [0.2, 0.25) is 0 Å². The van der Waals surface area contributed by atoms with Gasteiger partial charge in [0.1, 0.15) is 23.6 Å². The molecule has 25 heavy (non-hydrogen) atoms. The van der Waals surface area contributed by atoms with Gasteiger partial charge in [0.05, 0.1) is 0 Å². The topological polar surface area (TPSA) is 78.9 Å². The average Bonchev–Trinajstić information content (AvgIpc) is 3.05. The van der Waals surface area contributed by atoms with E-state index in [-0.39, 0.29) is 5.91 Å². The lowest BCUT2D eigenvalue weighted by Gasteiger charge is -2.29. The highest BCUT2D eigenvalue weighted by Gasteiger charge is 2.35. The lowest BCUT2D eigenvalue weighted by atomic mass is 10.0. The quantitative estimate of drug-likeness (QED) is 0.872. The van der Waals surface area contributed by atoms with Gasteiger partial charge in [0.15, 0.2) is 0 Å². The summed E-state index contributed by atoms with van der Waals surface area (Å²) in [5, 5.41) is 13.1. The fraction of sp³-hybridized carbons (Fsp3) is 0.556. The Bertz CT molecular complexity index is 606. The molecule has 1 aromatic carbocycles. The van der Waals surface area contributed by atoms with Gasteiger partial charge in [-0.2, -0.15) is 0 Å². The van der Waals surface area contributed by atoms with Crippen LogP contribution in [0.1, 0.15) is 45.3 Å². The first-order valence-electron chi connectivity index (χ1n) is 8.39. The Balaban J connectivity index is 2.19. The summed E-state index contributed by atoms with van der Waals surface area (Å²) in [7, 11) is 0. The third kappa shape index (κ3) is 5.42. The lowest BCUT2D eigenvalue weighted by Crippen LogP contribution is -2.52. The van der Waals surface area contributed by atoms with Crippen LogP contribution in [0, 0.1) is 5.82 Å². The van der Waals surface area contributed by atoms with Crippen molar-refractivity contribution < 1.29 is 23.8 Å². The molecule has 0 aromatic heterocycles. The van der Waals surface area contributed by atoms with Gasteiger partial charge in [-0.3, -0.25) is 4.79 Å². The number of nitrogens with zero attached hydrogens (tertiary/aromatic N) is 1. The molecule has 1 aliphatic rings. The number of aliphatic hydroxyl groups excluding tert-OH is 1. The van der Waals surface area contributed by atoms with E-state index in [1.54, 1.807) is 25.7 Å². The Morgan fingerprint density at radius 2 is 1.76 bits per heavy atom. The van der Waals surface area contributed by atoms with Crippen LogP contribution in [0.4, 0.5) is 9.18 Å². The molecule has 1 aromatic rings. The first-order valence-corrected chi connectivity index (χ1v) is 8.39. The van der Waals surface area contributed by atoms with Crippen molar-refractivity contribution >= 4 is 12.0 Å². The number of hydrogen-bond donors (Lipinski definition) is 2. The van der Waals surface area contributed by atoms with Crippen LogP contribution in [-0.2, 0) is 9.53 Å². The van der Waals surface area contributed by atoms with Gasteiger partial charge in [-0.05, 0) is 51.3 Å². The number of nitrogens with one attached hydrogen (secondary N) is 1. The number of ether oxygens (including phenoxy) is 1. The average molecular weight is 352 g/mol. The van der Waals surface area contributed by atoms with E-state index in [1.165, 1.54) is 24.3 Å². The number of carbonyl (C=O) groups is 2. The summed E-state index contributed by atoms with van der Waals surface area (Å²) in [5.74, 6) is -0.821. The van der Waals surface area contributed by atoms with E-state index in [2.05, 4.69) is 5.32 Å². The van der Waals surface area contributed by atoms with Gasteiger partial charge in [0.2, 0.25) is 5.91 Å². The second-order valence-corrected chi connectivity index (χ2v) is 7.15. The van der Waals surface area contributed by atoms with Crippen LogP contribution in [-0.4, -0.2) is 46.7 Å². The molecule has 0 unspecified atom stereocenters. The number of carbonyl (C=O) groups excluding carboxylic acids is 2. The van der Waals surface area contributed by atoms with Crippen molar-refractivity contribution in [2.24, 2.45) is 0 Å². The molecule has 2 N–H and O–H groups in total. The van der Waals surface area contributed by atoms with Gasteiger partial charge < -0.3 is 20.1 Å². The summed E-state index contributed by atoms with van der Waals surface area (Å²) in [4.78, 5) is 26.5. The number of halogens is 1. The smallest absolute Gasteiger partial charge is 0.408 e. The van der Waals surface area contributed by atoms with Gasteiger partial charge in [-0.15, -0.1) is 0 Å². The Kier molecular flexibility index (Phi) is 6.00. The monoisotopic (exact) mass is 352 g/mol. The molecule has 6 nitrogen and oxygen atoms in total. The van der Waals surface area contributed by atoms with Crippen LogP contribution in [0.3, 0.4) is 0 Å². The number of alkyl carbamates (subject to hydrolysis) is 1. The van der Waals surface area contributed by atoms with Crippen molar-refractivity contribution in [3.05, 3.63) is 35.6 Å². The third-order valence-corrected chi connectivity index (χ3v) is 3.88. The van der Waals surface area contributed by atoms with E-state index in [0.717, 1.165) is 12.8 Å². The molecule has 2 amide bonds. The number of likely N-dealkylation sites (tertiary alicyclic amines) is 1. The number of aliphatic hydroxyl groups is 1. The largest absolute Gasteiger partial charge is 0.444 e. The second-order valence-electron chi connectivity index (χ2n) is 7.15. The minimum absolute atomic E-state index is 0.343. The van der Waals surface area contributed by atoms with E-state index in [9.17, 15) is 19.1 Å². The van der Waals surface area contributed by atoms with Crippen molar-refractivity contribution in [3.63, 3.8) is 0 Å². The molecular weight excluding hydrogens is 327 g/mol. The minimum Gasteiger partial charge on any atom is -0.444 e. The molecule has 1 saturated heterocycles. The van der Waals surface area contributed by atoms with E-state index in [4.69, 9.17) is 4.74 Å². The van der Waals surface area contributed by atoms with Gasteiger partial charge in [-0.1, -0.05) is 12.1 Å². The molecule has 0 spiro atoms. The van der Waals surface area contributed by atoms with Gasteiger partial charge in [0.25, 0.3) is 0 Å². The van der Waals surface area contributed by atoms with Crippen LogP contribution < -0.4 is 5.32 Å². The summed E-state index contributed by atoms with van der Waals surface area (Å²) in [6.45, 7) is 6.30. The van der Waals surface area contributed by atoms with Crippen molar-refractivity contribution in [3.8, 4) is 0 Å². The molecule has 1 fully saturated rings. The standard InChI is InChI=1S/C18H25FN2O4/c1-18(2,3)25-17(24)20-14(16(23)21-10-4-5-11-21)15(22)12-6-8-13(19)9-7-12/h6-9,14-15,22H,4-5,10-11H2,1-3H3,(H,20,24)/t14-,15-/m1/s1. The zero-order chi connectivity index (χ0) is 18.6. The highest BCUT2D eigenvalue weighted by atomic mass is 19.1. The van der Waals surface area contributed by atoms with Crippen LogP contribution in [0.25, 0.3) is 0 Å². The lowest BCUT2D eigenvalue weighted by molar-refractivity contribution is -0.135. The molecule has 2 atom stereocenters. The summed E-state index contributed by atoms with van der Waals surface area (Å²) in [6, 6.07) is 3.98. The molecule has 0 bridgehead atoms. The molecule has 2 rings (SSSR count). The summed E-state index contributed by atoms with van der Waals surface area (Å²) < 4.78 is 18.3. The predicted molar refractivity (Wildman–Crippen MR) is 90.3 cm³/mol. The molecule has 1 aliphatic heterocycles. The maximum absolute atomic E-state index is 13.1. The Labute approximate surface area is 147 Å². The van der Waals surface area contributed by atoms with Crippen molar-refractivity contribution in [2.45, 2.75) is 51.4 Å². The highest BCUT2D eigenvalue weighted by Crippen LogP contribution is 2.21. The first kappa shape index (κ1) is 19.2. The zero-order valence-electron chi connectivity index (χ0n) is 14.8. The van der Waals surface area contributed by atoms with Crippen molar-refractivity contribution in [1.29, 1.82) is 0 Å². The number of rotatable bonds is 4. The SMILES string of the molecule is CC(C)(C)OC(=O)N[C@@H](C(=O)N1CCCC1)[C@H](O)c1ccc(F)cc1. The first-order chi connectivity index (χ1) is 11.7. The highest BCUT2D eigenvalue weighted by molar-refractivity contribution is 5.86. The number of amides is 2. The number of benzene rings is 1. The second kappa shape index (κ2) is 7.82. The van der Waals surface area contributed by atoms with Gasteiger partial charge in [-0.25, -0.2) is 9.18 Å². The van der Waals surface area contributed by atoms with E-state index < -0.39 is 29.7 Å². The molecule has 0 aliphatic carbocycles. The van der Waals surface area contributed by atoms with Gasteiger partial charge >= 0.3 is 6.09 Å². The van der Waals surface area contributed by atoms with Crippen molar-refractivity contribution in [1.82, 2.24) is 10.2 Å². The maximum Gasteiger partial charge on any atom is 0.408 e. The van der Waals surface area contributed by atoms with E-state index >= 15 is 0 Å². The van der Waals surface area contributed by atoms with Crippen LogP contribution in [0.15, 0.2) is 24.3 Å². The molecule has 0 saturated carbocycles. The Morgan fingerprint density at radius 1 is 1.20 bits per heavy atom. The summed E-state index contributed by atoms with van der Waals surface area (Å²) in [5.41, 5.74) is -0.387. The zero-order valence-corrected chi connectivity index (χ0v) is 14.8. The molecule has 138 valence electrons. The summed E-state index contributed by atoms with van der Waals surface area (Å²) >= 11 is 0. The molecular formula is C18H25FN2O4.